The molecule has 0 atom stereocenters. The predicted molar refractivity (Wildman–Crippen MR) is 261 cm³/mol. The summed E-state index contributed by atoms with van der Waals surface area (Å²) in [5, 5.41) is 20.8. The first kappa shape index (κ1) is 45.0. The van der Waals surface area contributed by atoms with Crippen molar-refractivity contribution in [3.05, 3.63) is 184 Å². The molecule has 2 aliphatic carbocycles. The second-order valence-electron chi connectivity index (χ2n) is 16.9. The molecule has 0 fully saturated rings. The van der Waals surface area contributed by atoms with Crippen molar-refractivity contribution in [3.8, 4) is 0 Å². The topological polar surface area (TPSA) is 105 Å². The summed E-state index contributed by atoms with van der Waals surface area (Å²) in [5.41, 5.74) is 11.1. The molecule has 2 N–H and O–H groups in total. The summed E-state index contributed by atoms with van der Waals surface area (Å²) in [6.07, 6.45) is 11.3. The summed E-state index contributed by atoms with van der Waals surface area (Å²) >= 11 is 0. The van der Waals surface area contributed by atoms with Gasteiger partial charge in [-0.15, -0.1) is 0 Å². The van der Waals surface area contributed by atoms with E-state index in [0.29, 0.717) is 35.4 Å². The number of unbranched alkanes of at least 4 members (excludes halogenated alkanes) is 4. The van der Waals surface area contributed by atoms with E-state index in [0.717, 1.165) is 94.9 Å². The van der Waals surface area contributed by atoms with Crippen LogP contribution in [0, 0.1) is 27.7 Å². The molecule has 2 aliphatic rings. The van der Waals surface area contributed by atoms with Gasteiger partial charge in [-0.3, -0.25) is 14.4 Å². The molecular weight excluding hydrogens is 793 g/mol. The van der Waals surface area contributed by atoms with Crippen molar-refractivity contribution in [2.45, 2.75) is 92.9 Å². The number of nitrogens with zero attached hydrogens (tertiary/aromatic N) is 2. The van der Waals surface area contributed by atoms with Crippen LogP contribution >= 0.6 is 0 Å². The summed E-state index contributed by atoms with van der Waals surface area (Å²) < 4.78 is 2.09. The summed E-state index contributed by atoms with van der Waals surface area (Å²) in [6.45, 7) is 12.3. The maximum Gasteiger partial charge on any atom is 0.224 e. The molecular formula is C56H58N4O4. The van der Waals surface area contributed by atoms with Gasteiger partial charge in [-0.1, -0.05) is 122 Å². The SMILES string of the molecule is CCCCCC(=O)NC1=CC(=[N+](c2ccc(C)cc2)c2ccc(C)cc2)C=C/C1=C1\C(=O)C(c2ccc(N(c3ccc(C)cc3)c3ccc(C)cc3)cc2NC(=O)CCCCC)=C1[O-]. The lowest BCUT2D eigenvalue weighted by molar-refractivity contribution is -0.297. The third kappa shape index (κ3) is 10.2. The molecule has 7 rings (SSSR count). The fourth-order valence-electron chi connectivity index (χ4n) is 8.03. The van der Waals surface area contributed by atoms with Crippen molar-refractivity contribution in [2.75, 3.05) is 10.2 Å². The molecule has 5 aromatic carbocycles. The largest absolute Gasteiger partial charge is 0.871 e. The summed E-state index contributed by atoms with van der Waals surface area (Å²) in [6, 6.07) is 38.3. The van der Waals surface area contributed by atoms with Gasteiger partial charge in [0.1, 0.15) is 0 Å². The second-order valence-corrected chi connectivity index (χ2v) is 16.9. The van der Waals surface area contributed by atoms with Crippen molar-refractivity contribution < 1.29 is 19.5 Å². The van der Waals surface area contributed by atoms with Crippen molar-refractivity contribution in [2.24, 2.45) is 0 Å². The molecule has 0 saturated heterocycles. The van der Waals surface area contributed by atoms with E-state index in [1.54, 1.807) is 12.1 Å². The fourth-order valence-corrected chi connectivity index (χ4v) is 8.03. The molecule has 0 aliphatic heterocycles. The summed E-state index contributed by atoms with van der Waals surface area (Å²) in [5.74, 6) is -1.28. The maximum absolute atomic E-state index is 14.6. The van der Waals surface area contributed by atoms with Gasteiger partial charge in [0.2, 0.25) is 28.9 Å². The van der Waals surface area contributed by atoms with Crippen LogP contribution in [0.15, 0.2) is 156 Å². The lowest BCUT2D eigenvalue weighted by atomic mass is 9.78. The molecule has 8 heteroatoms. The highest BCUT2D eigenvalue weighted by atomic mass is 16.3. The summed E-state index contributed by atoms with van der Waals surface area (Å²) in [4.78, 5) is 43.7. The zero-order valence-corrected chi connectivity index (χ0v) is 37.9. The van der Waals surface area contributed by atoms with E-state index >= 15 is 0 Å². The smallest absolute Gasteiger partial charge is 0.224 e. The highest BCUT2D eigenvalue weighted by Crippen LogP contribution is 2.44. The van der Waals surface area contributed by atoms with Gasteiger partial charge in [0.15, 0.2) is 5.78 Å². The number of allylic oxidation sites excluding steroid dienone is 5. The Kier molecular flexibility index (Phi) is 14.3. The molecule has 0 radical (unpaired) electrons. The molecule has 0 spiro atoms. The molecule has 0 saturated carbocycles. The fraction of sp³-hybridized carbons (Fsp3) is 0.250. The first-order chi connectivity index (χ1) is 30.9. The van der Waals surface area contributed by atoms with Gasteiger partial charge in [0, 0.05) is 88.6 Å². The van der Waals surface area contributed by atoms with E-state index in [1.807, 2.05) is 101 Å². The van der Waals surface area contributed by atoms with E-state index in [-0.39, 0.29) is 23.0 Å². The number of hydrogen-bond acceptors (Lipinski definition) is 5. The van der Waals surface area contributed by atoms with Crippen molar-refractivity contribution in [1.82, 2.24) is 9.89 Å². The van der Waals surface area contributed by atoms with Crippen LogP contribution in [0.2, 0.25) is 0 Å². The van der Waals surface area contributed by atoms with Gasteiger partial charge in [-0.05, 0) is 83.0 Å². The van der Waals surface area contributed by atoms with Crippen LogP contribution in [0.4, 0.5) is 34.1 Å². The number of carbonyl (C=O) groups excluding carboxylic acids is 3. The Morgan fingerprint density at radius 3 is 1.53 bits per heavy atom. The van der Waals surface area contributed by atoms with Gasteiger partial charge in [-0.25, -0.2) is 0 Å². The lowest BCUT2D eigenvalue weighted by Crippen LogP contribution is -2.34. The third-order valence-corrected chi connectivity index (χ3v) is 11.7. The number of Topliss-reactive ketones (excluding diaryl/α,β-unsaturated/α-hetero) is 1. The Balaban J connectivity index is 1.36. The molecule has 0 heterocycles. The Bertz CT molecular complexity index is 2610. The number of carbonyl (C=O) groups is 3. The van der Waals surface area contributed by atoms with Gasteiger partial charge in [0.05, 0.1) is 11.4 Å². The predicted octanol–water partition coefficient (Wildman–Crippen LogP) is 12.0. The lowest BCUT2D eigenvalue weighted by Gasteiger charge is -2.34. The van der Waals surface area contributed by atoms with Gasteiger partial charge in [-0.2, -0.15) is 4.58 Å². The minimum atomic E-state index is -0.448. The first-order valence-corrected chi connectivity index (χ1v) is 22.5. The first-order valence-electron chi connectivity index (χ1n) is 22.5. The third-order valence-electron chi connectivity index (χ3n) is 11.7. The van der Waals surface area contributed by atoms with Crippen LogP contribution in [-0.4, -0.2) is 23.3 Å². The Labute approximate surface area is 378 Å². The van der Waals surface area contributed by atoms with Crippen molar-refractivity contribution in [1.29, 1.82) is 0 Å². The van der Waals surface area contributed by atoms with Gasteiger partial charge in [0.25, 0.3) is 0 Å². The normalized spacial score (nSPS) is 14.6. The van der Waals surface area contributed by atoms with E-state index < -0.39 is 11.5 Å². The molecule has 0 unspecified atom stereocenters. The molecule has 326 valence electrons. The highest BCUT2D eigenvalue weighted by Gasteiger charge is 2.35. The molecule has 64 heavy (non-hydrogen) atoms. The molecule has 8 nitrogen and oxygen atoms in total. The monoisotopic (exact) mass is 850 g/mol. The van der Waals surface area contributed by atoms with Crippen LogP contribution in [0.3, 0.4) is 0 Å². The molecule has 2 amide bonds. The minimum Gasteiger partial charge on any atom is -0.871 e. The molecule has 0 bridgehead atoms. The van der Waals surface area contributed by atoms with Crippen LogP contribution in [0.5, 0.6) is 0 Å². The van der Waals surface area contributed by atoms with Gasteiger partial charge >= 0.3 is 0 Å². The van der Waals surface area contributed by atoms with Gasteiger partial charge < -0.3 is 20.6 Å². The number of amides is 2. The van der Waals surface area contributed by atoms with E-state index in [2.05, 4.69) is 82.5 Å². The van der Waals surface area contributed by atoms with E-state index in [1.165, 1.54) is 0 Å². The number of hydrogen-bond donors (Lipinski definition) is 2. The number of aryl methyl sites for hydroxylation is 4. The van der Waals surface area contributed by atoms with Crippen LogP contribution < -0.4 is 25.2 Å². The Morgan fingerprint density at radius 2 is 1.05 bits per heavy atom. The quantitative estimate of drug-likeness (QED) is 0.0584. The number of rotatable bonds is 16. The standard InChI is InChI=1S/C56H58N4O4/c1-7-9-11-13-51(61)57-49-35-45(59(41-23-15-37(3)16-24-41)42-25-17-38(4)18-26-42)31-33-47(49)53-55(63)54(56(53)64)48-34-32-46(36-50(48)58-52(62)14-12-10-8-2)60(43-27-19-39(5)20-28-43)44-29-21-40(6)22-30-44/h15-36H,7-14H2,1-6H3,(H2,57,58,61,62,63,64). The van der Waals surface area contributed by atoms with Crippen molar-refractivity contribution >= 4 is 63.0 Å². The molecule has 5 aromatic rings. The number of anilines is 4. The minimum absolute atomic E-state index is 0.00661. The van der Waals surface area contributed by atoms with E-state index in [4.69, 9.17) is 0 Å². The number of ketones is 1. The van der Waals surface area contributed by atoms with Crippen LogP contribution in [0.25, 0.3) is 5.57 Å². The average molecular weight is 851 g/mol. The number of benzene rings is 5. The average Bonchev–Trinajstić information content (AvgIpc) is 3.28. The number of nitrogens with one attached hydrogen (secondary N) is 2. The zero-order chi connectivity index (χ0) is 45.3. The van der Waals surface area contributed by atoms with Crippen LogP contribution in [-0.2, 0) is 14.4 Å². The summed E-state index contributed by atoms with van der Waals surface area (Å²) in [7, 11) is 0. The Hall–Kier alpha value is -7.06. The second kappa shape index (κ2) is 20.4. The highest BCUT2D eigenvalue weighted by molar-refractivity contribution is 6.40. The van der Waals surface area contributed by atoms with Crippen LogP contribution in [0.1, 0.15) is 93.0 Å². The zero-order valence-electron chi connectivity index (χ0n) is 37.9. The molecule has 0 aromatic heterocycles. The maximum atomic E-state index is 14.6. The Morgan fingerprint density at radius 1 is 0.578 bits per heavy atom. The van der Waals surface area contributed by atoms with Crippen molar-refractivity contribution in [3.63, 3.8) is 0 Å². The van der Waals surface area contributed by atoms with E-state index in [9.17, 15) is 19.5 Å².